The van der Waals surface area contributed by atoms with E-state index in [1.54, 1.807) is 0 Å². The van der Waals surface area contributed by atoms with Crippen LogP contribution in [-0.2, 0) is 22.4 Å². The number of piperidine rings is 1. The van der Waals surface area contributed by atoms with Gasteiger partial charge in [0.05, 0.1) is 19.6 Å². The standard InChI is InChI=1S/C23H32N4O3/c1-18-4-2-5-19(14-18)15-22-25-24-21(30-22)7-8-23(28)27-9-3-6-20(17-27)16-26-10-12-29-13-11-26/h2,4-5,14,20H,3,6-13,15-17H2,1H3/t20-/m0/s1. The Labute approximate surface area is 178 Å². The molecule has 0 unspecified atom stereocenters. The molecule has 2 fully saturated rings. The van der Waals surface area contributed by atoms with Crippen molar-refractivity contribution in [3.8, 4) is 0 Å². The van der Waals surface area contributed by atoms with Gasteiger partial charge in [0.1, 0.15) is 0 Å². The molecule has 3 heterocycles. The molecule has 4 rings (SSSR count). The van der Waals surface area contributed by atoms with Crippen LogP contribution in [0.1, 0.15) is 42.2 Å². The third kappa shape index (κ3) is 5.89. The van der Waals surface area contributed by atoms with E-state index in [2.05, 4.69) is 40.2 Å². The van der Waals surface area contributed by atoms with Crippen LogP contribution in [0.25, 0.3) is 0 Å². The Morgan fingerprint density at radius 3 is 2.83 bits per heavy atom. The van der Waals surface area contributed by atoms with E-state index in [-0.39, 0.29) is 5.91 Å². The highest BCUT2D eigenvalue weighted by Crippen LogP contribution is 2.19. The SMILES string of the molecule is Cc1cccc(Cc2nnc(CCC(=O)N3CCC[C@@H](CN4CCOCC4)C3)o2)c1. The number of aryl methyl sites for hydroxylation is 2. The van der Waals surface area contributed by atoms with E-state index in [0.29, 0.717) is 37.0 Å². The number of hydrogen-bond donors (Lipinski definition) is 0. The van der Waals surface area contributed by atoms with Crippen LogP contribution in [0.4, 0.5) is 0 Å². The first-order valence-electron chi connectivity index (χ1n) is 11.1. The Hall–Kier alpha value is -2.25. The maximum absolute atomic E-state index is 12.7. The van der Waals surface area contributed by atoms with Gasteiger partial charge in [-0.1, -0.05) is 29.8 Å². The highest BCUT2D eigenvalue weighted by molar-refractivity contribution is 5.76. The second-order valence-electron chi connectivity index (χ2n) is 8.52. The second kappa shape index (κ2) is 10.2. The lowest BCUT2D eigenvalue weighted by molar-refractivity contribution is -0.133. The minimum absolute atomic E-state index is 0.195. The zero-order chi connectivity index (χ0) is 20.8. The van der Waals surface area contributed by atoms with Crippen LogP contribution in [-0.4, -0.2) is 71.8 Å². The van der Waals surface area contributed by atoms with Gasteiger partial charge in [-0.15, -0.1) is 10.2 Å². The number of carbonyl (C=O) groups excluding carboxylic acids is 1. The maximum Gasteiger partial charge on any atom is 0.223 e. The average Bonchev–Trinajstić information content (AvgIpc) is 3.20. The summed E-state index contributed by atoms with van der Waals surface area (Å²) in [6.45, 7) is 8.52. The highest BCUT2D eigenvalue weighted by Gasteiger charge is 2.26. The Bertz CT molecular complexity index is 831. The smallest absolute Gasteiger partial charge is 0.223 e. The third-order valence-electron chi connectivity index (χ3n) is 5.99. The summed E-state index contributed by atoms with van der Waals surface area (Å²) in [5.74, 6) is 1.91. The van der Waals surface area contributed by atoms with Crippen molar-refractivity contribution in [2.45, 2.75) is 39.0 Å². The molecule has 2 aliphatic heterocycles. The van der Waals surface area contributed by atoms with Gasteiger partial charge in [-0.3, -0.25) is 9.69 Å². The first kappa shape index (κ1) is 21.0. The van der Waals surface area contributed by atoms with Crippen molar-refractivity contribution in [1.82, 2.24) is 20.0 Å². The quantitative estimate of drug-likeness (QED) is 0.696. The fourth-order valence-corrected chi connectivity index (χ4v) is 4.42. The number of carbonyl (C=O) groups is 1. The van der Waals surface area contributed by atoms with Gasteiger partial charge in [0.25, 0.3) is 0 Å². The first-order chi connectivity index (χ1) is 14.7. The van der Waals surface area contributed by atoms with E-state index >= 15 is 0 Å². The summed E-state index contributed by atoms with van der Waals surface area (Å²) < 4.78 is 11.2. The van der Waals surface area contributed by atoms with Crippen LogP contribution in [0.5, 0.6) is 0 Å². The predicted molar refractivity (Wildman–Crippen MR) is 113 cm³/mol. The van der Waals surface area contributed by atoms with E-state index in [1.807, 2.05) is 11.0 Å². The van der Waals surface area contributed by atoms with Gasteiger partial charge < -0.3 is 14.1 Å². The number of benzene rings is 1. The molecule has 1 aromatic heterocycles. The molecule has 2 aliphatic rings. The van der Waals surface area contributed by atoms with Crippen LogP contribution >= 0.6 is 0 Å². The molecule has 2 aromatic rings. The Morgan fingerprint density at radius 2 is 2.00 bits per heavy atom. The lowest BCUT2D eigenvalue weighted by Gasteiger charge is -2.36. The summed E-state index contributed by atoms with van der Waals surface area (Å²) in [5.41, 5.74) is 2.37. The van der Waals surface area contributed by atoms with E-state index in [9.17, 15) is 4.79 Å². The van der Waals surface area contributed by atoms with Crippen molar-refractivity contribution in [3.63, 3.8) is 0 Å². The van der Waals surface area contributed by atoms with Crippen molar-refractivity contribution in [1.29, 1.82) is 0 Å². The summed E-state index contributed by atoms with van der Waals surface area (Å²) in [6, 6.07) is 8.28. The topological polar surface area (TPSA) is 71.7 Å². The number of likely N-dealkylation sites (tertiary alicyclic amines) is 1. The van der Waals surface area contributed by atoms with Crippen molar-refractivity contribution in [2.75, 3.05) is 45.9 Å². The predicted octanol–water partition coefficient (Wildman–Crippen LogP) is 2.47. The molecule has 0 radical (unpaired) electrons. The minimum Gasteiger partial charge on any atom is -0.425 e. The monoisotopic (exact) mass is 412 g/mol. The van der Waals surface area contributed by atoms with Gasteiger partial charge in [-0.2, -0.15) is 0 Å². The molecule has 7 nitrogen and oxygen atoms in total. The van der Waals surface area contributed by atoms with E-state index < -0.39 is 0 Å². The number of ether oxygens (including phenoxy) is 1. The molecule has 1 aromatic carbocycles. The van der Waals surface area contributed by atoms with Gasteiger partial charge >= 0.3 is 0 Å². The molecule has 0 spiro atoms. The molecular formula is C23H32N4O3. The van der Waals surface area contributed by atoms with E-state index in [0.717, 1.165) is 57.9 Å². The van der Waals surface area contributed by atoms with Gasteiger partial charge in [0, 0.05) is 45.6 Å². The fourth-order valence-electron chi connectivity index (χ4n) is 4.42. The van der Waals surface area contributed by atoms with Gasteiger partial charge in [-0.25, -0.2) is 0 Å². The minimum atomic E-state index is 0.195. The third-order valence-corrected chi connectivity index (χ3v) is 5.99. The molecule has 1 amide bonds. The summed E-state index contributed by atoms with van der Waals surface area (Å²) in [7, 11) is 0. The number of nitrogens with zero attached hydrogens (tertiary/aromatic N) is 4. The van der Waals surface area contributed by atoms with Gasteiger partial charge in [0.2, 0.25) is 17.7 Å². The zero-order valence-corrected chi connectivity index (χ0v) is 17.9. The van der Waals surface area contributed by atoms with Crippen LogP contribution in [0.15, 0.2) is 28.7 Å². The van der Waals surface area contributed by atoms with Crippen LogP contribution < -0.4 is 0 Å². The summed E-state index contributed by atoms with van der Waals surface area (Å²) in [5, 5.41) is 8.29. The zero-order valence-electron chi connectivity index (χ0n) is 17.9. The van der Waals surface area contributed by atoms with Crippen molar-refractivity contribution >= 4 is 5.91 Å². The highest BCUT2D eigenvalue weighted by atomic mass is 16.5. The Morgan fingerprint density at radius 1 is 1.17 bits per heavy atom. The van der Waals surface area contributed by atoms with Gasteiger partial charge in [0.15, 0.2) is 0 Å². The molecule has 0 bridgehead atoms. The first-order valence-corrected chi connectivity index (χ1v) is 11.1. The van der Waals surface area contributed by atoms with Crippen LogP contribution in [0, 0.1) is 12.8 Å². The van der Waals surface area contributed by atoms with Crippen molar-refractivity contribution < 1.29 is 13.9 Å². The molecule has 162 valence electrons. The number of amides is 1. The lowest BCUT2D eigenvalue weighted by Crippen LogP contribution is -2.46. The summed E-state index contributed by atoms with van der Waals surface area (Å²) >= 11 is 0. The molecule has 0 aliphatic carbocycles. The molecular weight excluding hydrogens is 380 g/mol. The van der Waals surface area contributed by atoms with Crippen molar-refractivity contribution in [2.24, 2.45) is 5.92 Å². The van der Waals surface area contributed by atoms with E-state index in [1.165, 1.54) is 12.0 Å². The molecule has 1 atom stereocenters. The van der Waals surface area contributed by atoms with Crippen molar-refractivity contribution in [3.05, 3.63) is 47.2 Å². The number of aromatic nitrogens is 2. The lowest BCUT2D eigenvalue weighted by atomic mass is 9.97. The number of hydrogen-bond acceptors (Lipinski definition) is 6. The normalized spacial score (nSPS) is 20.4. The molecule has 0 saturated carbocycles. The largest absolute Gasteiger partial charge is 0.425 e. The molecule has 2 saturated heterocycles. The number of rotatable bonds is 7. The Kier molecular flexibility index (Phi) is 7.12. The average molecular weight is 413 g/mol. The summed E-state index contributed by atoms with van der Waals surface area (Å²) in [4.78, 5) is 17.2. The summed E-state index contributed by atoms with van der Waals surface area (Å²) in [6.07, 6.45) is 3.84. The second-order valence-corrected chi connectivity index (χ2v) is 8.52. The molecule has 30 heavy (non-hydrogen) atoms. The maximum atomic E-state index is 12.7. The molecule has 0 N–H and O–H groups in total. The van der Waals surface area contributed by atoms with Gasteiger partial charge in [-0.05, 0) is 31.2 Å². The Balaban J connectivity index is 1.23. The molecule has 7 heteroatoms. The number of morpholine rings is 1. The van der Waals surface area contributed by atoms with Crippen LogP contribution in [0.2, 0.25) is 0 Å². The fraction of sp³-hybridized carbons (Fsp3) is 0.609. The van der Waals surface area contributed by atoms with E-state index in [4.69, 9.17) is 9.15 Å². The van der Waals surface area contributed by atoms with Crippen LogP contribution in [0.3, 0.4) is 0 Å².